The van der Waals surface area contributed by atoms with Crippen molar-refractivity contribution in [3.63, 3.8) is 0 Å². The molecule has 0 spiro atoms. The molecule has 2 N–H and O–H groups in total. The lowest BCUT2D eigenvalue weighted by Crippen LogP contribution is -2.37. The number of guanidine groups is 1. The van der Waals surface area contributed by atoms with E-state index < -0.39 is 0 Å². The Morgan fingerprint density at radius 2 is 2.04 bits per heavy atom. The highest BCUT2D eigenvalue weighted by molar-refractivity contribution is 14.0. The van der Waals surface area contributed by atoms with Crippen LogP contribution in [0, 0.1) is 6.92 Å². The van der Waals surface area contributed by atoms with Crippen molar-refractivity contribution >= 4 is 35.6 Å². The van der Waals surface area contributed by atoms with Gasteiger partial charge < -0.3 is 15.0 Å². The topological polar surface area (TPSA) is 84.4 Å². The lowest BCUT2D eigenvalue weighted by atomic mass is 10.4. The van der Waals surface area contributed by atoms with Crippen LogP contribution < -0.4 is 10.6 Å². The van der Waals surface area contributed by atoms with E-state index in [-0.39, 0.29) is 24.0 Å². The van der Waals surface area contributed by atoms with E-state index in [0.29, 0.717) is 19.0 Å². The molecule has 0 amide bonds. The number of aromatic nitrogens is 5. The van der Waals surface area contributed by atoms with Gasteiger partial charge in [-0.1, -0.05) is 6.07 Å². The summed E-state index contributed by atoms with van der Waals surface area (Å²) in [5, 5.41) is 10.5. The first kappa shape index (κ1) is 18.2. The molecule has 0 saturated carbocycles. The van der Waals surface area contributed by atoms with Crippen LogP contribution in [-0.4, -0.2) is 37.2 Å². The van der Waals surface area contributed by atoms with Crippen molar-refractivity contribution in [1.29, 1.82) is 0 Å². The third kappa shape index (κ3) is 4.02. The minimum Gasteiger partial charge on any atom is -0.351 e. The molecule has 3 aromatic heterocycles. The van der Waals surface area contributed by atoms with E-state index in [4.69, 9.17) is 0 Å². The number of imidazole rings is 1. The summed E-state index contributed by atoms with van der Waals surface area (Å²) in [6, 6.07) is 6.07. The molecule has 3 aromatic rings. The molecule has 0 radical (unpaired) electrons. The van der Waals surface area contributed by atoms with Gasteiger partial charge in [-0.05, 0) is 19.1 Å². The van der Waals surface area contributed by atoms with E-state index in [1.54, 1.807) is 11.7 Å². The van der Waals surface area contributed by atoms with Crippen LogP contribution in [0.4, 0.5) is 0 Å². The van der Waals surface area contributed by atoms with E-state index in [9.17, 15) is 0 Å². The minimum atomic E-state index is 0. The first-order valence-electron chi connectivity index (χ1n) is 7.38. The Morgan fingerprint density at radius 3 is 2.71 bits per heavy atom. The number of nitrogens with zero attached hydrogens (tertiary/aromatic N) is 6. The number of aryl methyl sites for hydroxylation is 2. The standard InChI is InChI=1S/C15H20N8.HI/c1-11-5-4-6-13-21-12(9-23(11)13)7-17-15(16-2)18-8-14-19-10-20-22(14)3;/h4-6,9-10H,7-8H2,1-3H3,(H2,16,17,18);1H. The fourth-order valence-corrected chi connectivity index (χ4v) is 2.32. The maximum Gasteiger partial charge on any atom is 0.191 e. The second-order valence-corrected chi connectivity index (χ2v) is 5.21. The molecule has 128 valence electrons. The van der Waals surface area contributed by atoms with Crippen molar-refractivity contribution < 1.29 is 0 Å². The summed E-state index contributed by atoms with van der Waals surface area (Å²) < 4.78 is 3.80. The summed E-state index contributed by atoms with van der Waals surface area (Å²) in [6.45, 7) is 3.22. The third-order valence-corrected chi connectivity index (χ3v) is 3.63. The number of aliphatic imine (C=N–C) groups is 1. The van der Waals surface area contributed by atoms with Gasteiger partial charge >= 0.3 is 0 Å². The molecule has 0 fully saturated rings. The van der Waals surface area contributed by atoms with Gasteiger partial charge in [-0.15, -0.1) is 24.0 Å². The van der Waals surface area contributed by atoms with E-state index in [0.717, 1.165) is 22.9 Å². The van der Waals surface area contributed by atoms with Crippen LogP contribution in [0.5, 0.6) is 0 Å². The second-order valence-electron chi connectivity index (χ2n) is 5.21. The summed E-state index contributed by atoms with van der Waals surface area (Å²) in [4.78, 5) is 13.0. The zero-order valence-corrected chi connectivity index (χ0v) is 16.2. The Morgan fingerprint density at radius 1 is 1.25 bits per heavy atom. The summed E-state index contributed by atoms with van der Waals surface area (Å²) in [5.41, 5.74) is 3.07. The molecule has 0 aliphatic rings. The van der Waals surface area contributed by atoms with Gasteiger partial charge in [0.05, 0.1) is 18.8 Å². The Bertz CT molecular complexity index is 835. The van der Waals surface area contributed by atoms with E-state index in [1.807, 2.05) is 25.4 Å². The molecule has 8 nitrogen and oxygen atoms in total. The number of nitrogens with one attached hydrogen (secondary N) is 2. The smallest absolute Gasteiger partial charge is 0.191 e. The van der Waals surface area contributed by atoms with Crippen molar-refractivity contribution in [3.05, 3.63) is 47.9 Å². The molecular formula is C15H21IN8. The quantitative estimate of drug-likeness (QED) is 0.363. The zero-order chi connectivity index (χ0) is 16.2. The van der Waals surface area contributed by atoms with E-state index in [2.05, 4.69) is 48.1 Å². The maximum absolute atomic E-state index is 4.60. The van der Waals surface area contributed by atoms with Gasteiger partial charge in [0.15, 0.2) is 5.96 Å². The SMILES string of the molecule is CN=C(NCc1cn2c(C)cccc2n1)NCc1ncnn1C.I. The molecular weight excluding hydrogens is 419 g/mol. The van der Waals surface area contributed by atoms with Crippen LogP contribution >= 0.6 is 24.0 Å². The molecule has 0 aliphatic carbocycles. The highest BCUT2D eigenvalue weighted by Crippen LogP contribution is 2.08. The Hall–Kier alpha value is -2.17. The highest BCUT2D eigenvalue weighted by Gasteiger charge is 2.06. The maximum atomic E-state index is 4.60. The normalized spacial score (nSPS) is 11.4. The fraction of sp³-hybridized carbons (Fsp3) is 0.333. The number of pyridine rings is 1. The average Bonchev–Trinajstić information content (AvgIpc) is 3.14. The largest absolute Gasteiger partial charge is 0.351 e. The van der Waals surface area contributed by atoms with Crippen LogP contribution in [0.2, 0.25) is 0 Å². The Balaban J connectivity index is 0.00000208. The molecule has 9 heteroatoms. The lowest BCUT2D eigenvalue weighted by Gasteiger charge is -2.10. The predicted octanol–water partition coefficient (Wildman–Crippen LogP) is 1.25. The molecule has 0 aromatic carbocycles. The molecule has 0 atom stereocenters. The summed E-state index contributed by atoms with van der Waals surface area (Å²) >= 11 is 0. The van der Waals surface area contributed by atoms with Crippen molar-refractivity contribution in [1.82, 2.24) is 34.8 Å². The third-order valence-electron chi connectivity index (χ3n) is 3.63. The average molecular weight is 440 g/mol. The van der Waals surface area contributed by atoms with Gasteiger partial charge in [-0.2, -0.15) is 5.10 Å². The van der Waals surface area contributed by atoms with Crippen LogP contribution in [0.15, 0.2) is 35.7 Å². The van der Waals surface area contributed by atoms with Gasteiger partial charge in [0.2, 0.25) is 0 Å². The van der Waals surface area contributed by atoms with Crippen LogP contribution in [0.1, 0.15) is 17.2 Å². The molecule has 3 heterocycles. The monoisotopic (exact) mass is 440 g/mol. The van der Waals surface area contributed by atoms with Crippen molar-refractivity contribution in [2.75, 3.05) is 7.05 Å². The number of fused-ring (bicyclic) bond motifs is 1. The predicted molar refractivity (Wildman–Crippen MR) is 103 cm³/mol. The van der Waals surface area contributed by atoms with Crippen LogP contribution in [-0.2, 0) is 20.1 Å². The minimum absolute atomic E-state index is 0. The summed E-state index contributed by atoms with van der Waals surface area (Å²) in [6.07, 6.45) is 3.57. The number of rotatable bonds is 4. The summed E-state index contributed by atoms with van der Waals surface area (Å²) in [7, 11) is 3.60. The molecule has 0 bridgehead atoms. The molecule has 0 aliphatic heterocycles. The van der Waals surface area contributed by atoms with Crippen LogP contribution in [0.3, 0.4) is 0 Å². The fourth-order valence-electron chi connectivity index (χ4n) is 2.32. The molecule has 24 heavy (non-hydrogen) atoms. The van der Waals surface area contributed by atoms with Gasteiger partial charge in [0.1, 0.15) is 17.8 Å². The number of hydrogen-bond acceptors (Lipinski definition) is 4. The first-order valence-corrected chi connectivity index (χ1v) is 7.38. The number of hydrogen-bond donors (Lipinski definition) is 2. The zero-order valence-electron chi connectivity index (χ0n) is 13.9. The lowest BCUT2D eigenvalue weighted by molar-refractivity contribution is 0.672. The molecule has 0 saturated heterocycles. The van der Waals surface area contributed by atoms with Crippen LogP contribution in [0.25, 0.3) is 5.65 Å². The van der Waals surface area contributed by atoms with Crippen molar-refractivity contribution in [3.8, 4) is 0 Å². The Kier molecular flexibility index (Phi) is 6.12. The van der Waals surface area contributed by atoms with E-state index in [1.165, 1.54) is 6.33 Å². The van der Waals surface area contributed by atoms with Gasteiger partial charge in [0.25, 0.3) is 0 Å². The van der Waals surface area contributed by atoms with Crippen molar-refractivity contribution in [2.24, 2.45) is 12.0 Å². The highest BCUT2D eigenvalue weighted by atomic mass is 127. The molecule has 0 unspecified atom stereocenters. The second kappa shape index (κ2) is 8.08. The summed E-state index contributed by atoms with van der Waals surface area (Å²) in [5.74, 6) is 1.54. The molecule has 3 rings (SSSR count). The van der Waals surface area contributed by atoms with Crippen molar-refractivity contribution in [2.45, 2.75) is 20.0 Å². The first-order chi connectivity index (χ1) is 11.2. The van der Waals surface area contributed by atoms with Gasteiger partial charge in [-0.3, -0.25) is 9.67 Å². The van der Waals surface area contributed by atoms with E-state index >= 15 is 0 Å². The van der Waals surface area contributed by atoms with Gasteiger partial charge in [-0.25, -0.2) is 9.97 Å². The Labute approximate surface area is 157 Å². The van der Waals surface area contributed by atoms with Gasteiger partial charge in [0, 0.05) is 26.0 Å². The number of halogens is 1.